The molecule has 0 radical (unpaired) electrons. The van der Waals surface area contributed by atoms with E-state index in [4.69, 9.17) is 0 Å². The van der Waals surface area contributed by atoms with Crippen LogP contribution in [0.25, 0.3) is 5.52 Å². The third-order valence-corrected chi connectivity index (χ3v) is 3.93. The summed E-state index contributed by atoms with van der Waals surface area (Å²) in [6.07, 6.45) is 1.88. The number of aromatic hydroxyl groups is 1. The Bertz CT molecular complexity index is 820. The SMILES string of the molecule is Cc1cc2ccccn2c1C(=O)c1ccc(O)c(Br)c1. The number of halogens is 1. The van der Waals surface area contributed by atoms with Crippen molar-refractivity contribution in [3.63, 3.8) is 0 Å². The highest BCUT2D eigenvalue weighted by Gasteiger charge is 2.17. The molecule has 0 amide bonds. The second kappa shape index (κ2) is 4.80. The molecule has 0 fully saturated rings. The molecule has 0 aliphatic heterocycles. The van der Waals surface area contributed by atoms with Gasteiger partial charge in [0.25, 0.3) is 0 Å². The zero-order valence-corrected chi connectivity index (χ0v) is 12.4. The van der Waals surface area contributed by atoms with E-state index >= 15 is 0 Å². The molecule has 0 saturated carbocycles. The van der Waals surface area contributed by atoms with Crippen molar-refractivity contribution in [3.05, 3.63) is 70.0 Å². The van der Waals surface area contributed by atoms with Gasteiger partial charge in [0.05, 0.1) is 10.2 Å². The number of aryl methyl sites for hydroxylation is 1. The maximum atomic E-state index is 12.7. The van der Waals surface area contributed by atoms with Crippen LogP contribution in [0.2, 0.25) is 0 Å². The van der Waals surface area contributed by atoms with Crippen molar-refractivity contribution in [2.45, 2.75) is 6.92 Å². The maximum Gasteiger partial charge on any atom is 0.210 e. The van der Waals surface area contributed by atoms with Gasteiger partial charge in [0.1, 0.15) is 5.75 Å². The van der Waals surface area contributed by atoms with E-state index in [1.807, 2.05) is 41.8 Å². The lowest BCUT2D eigenvalue weighted by Gasteiger charge is -2.05. The number of carbonyl (C=O) groups is 1. The summed E-state index contributed by atoms with van der Waals surface area (Å²) in [7, 11) is 0. The molecule has 0 unspecified atom stereocenters. The fourth-order valence-electron chi connectivity index (χ4n) is 2.33. The van der Waals surface area contributed by atoms with Crippen molar-refractivity contribution in [1.82, 2.24) is 4.40 Å². The average molecular weight is 330 g/mol. The largest absolute Gasteiger partial charge is 0.507 e. The van der Waals surface area contributed by atoms with Crippen molar-refractivity contribution >= 4 is 27.2 Å². The van der Waals surface area contributed by atoms with Crippen LogP contribution >= 0.6 is 15.9 Å². The van der Waals surface area contributed by atoms with Crippen LogP contribution in [0, 0.1) is 6.92 Å². The van der Waals surface area contributed by atoms with Gasteiger partial charge in [-0.25, -0.2) is 0 Å². The molecule has 0 atom stereocenters. The van der Waals surface area contributed by atoms with E-state index in [0.29, 0.717) is 15.7 Å². The molecule has 4 heteroatoms. The number of phenols is 1. The highest BCUT2D eigenvalue weighted by molar-refractivity contribution is 9.10. The summed E-state index contributed by atoms with van der Waals surface area (Å²) in [5.74, 6) is 0.0627. The quantitative estimate of drug-likeness (QED) is 0.723. The van der Waals surface area contributed by atoms with Gasteiger partial charge >= 0.3 is 0 Å². The number of nitrogens with zero attached hydrogens (tertiary/aromatic N) is 1. The zero-order chi connectivity index (χ0) is 14.3. The molecular weight excluding hydrogens is 318 g/mol. The summed E-state index contributed by atoms with van der Waals surface area (Å²) < 4.78 is 2.40. The van der Waals surface area contributed by atoms with Crippen LogP contribution in [0.5, 0.6) is 5.75 Å². The van der Waals surface area contributed by atoms with Gasteiger partial charge in [0, 0.05) is 17.3 Å². The summed E-state index contributed by atoms with van der Waals surface area (Å²) in [6, 6.07) is 12.6. The summed E-state index contributed by atoms with van der Waals surface area (Å²) in [6.45, 7) is 1.93. The first kappa shape index (κ1) is 12.9. The summed E-state index contributed by atoms with van der Waals surface area (Å²) in [5, 5.41) is 9.52. The van der Waals surface area contributed by atoms with E-state index < -0.39 is 0 Å². The number of hydrogen-bond donors (Lipinski definition) is 1. The van der Waals surface area contributed by atoms with Gasteiger partial charge in [-0.3, -0.25) is 4.79 Å². The fourth-order valence-corrected chi connectivity index (χ4v) is 2.71. The minimum atomic E-state index is -0.0607. The van der Waals surface area contributed by atoms with Gasteiger partial charge in [0.15, 0.2) is 0 Å². The highest BCUT2D eigenvalue weighted by atomic mass is 79.9. The van der Waals surface area contributed by atoms with Gasteiger partial charge in [-0.05, 0) is 64.8 Å². The van der Waals surface area contributed by atoms with E-state index in [1.165, 1.54) is 6.07 Å². The molecule has 100 valence electrons. The molecule has 2 aromatic heterocycles. The van der Waals surface area contributed by atoms with E-state index in [9.17, 15) is 9.90 Å². The van der Waals surface area contributed by atoms with Crippen molar-refractivity contribution in [1.29, 1.82) is 0 Å². The Morgan fingerprint density at radius 1 is 1.20 bits per heavy atom. The van der Waals surface area contributed by atoms with Crippen LogP contribution in [0.3, 0.4) is 0 Å². The van der Waals surface area contributed by atoms with E-state index in [1.54, 1.807) is 12.1 Å². The van der Waals surface area contributed by atoms with Crippen molar-refractivity contribution in [2.24, 2.45) is 0 Å². The van der Waals surface area contributed by atoms with Crippen molar-refractivity contribution < 1.29 is 9.90 Å². The number of rotatable bonds is 2. The fraction of sp³-hybridized carbons (Fsp3) is 0.0625. The summed E-state index contributed by atoms with van der Waals surface area (Å²) >= 11 is 3.24. The first-order valence-electron chi connectivity index (χ1n) is 6.18. The first-order chi connectivity index (χ1) is 9.58. The molecule has 20 heavy (non-hydrogen) atoms. The highest BCUT2D eigenvalue weighted by Crippen LogP contribution is 2.26. The monoisotopic (exact) mass is 329 g/mol. The molecule has 0 bridgehead atoms. The number of phenolic OH excluding ortho intramolecular Hbond substituents is 1. The van der Waals surface area contributed by atoms with Crippen LogP contribution in [0.4, 0.5) is 0 Å². The molecule has 3 rings (SSSR count). The number of benzene rings is 1. The number of fused-ring (bicyclic) bond motifs is 1. The minimum absolute atomic E-state index is 0.0607. The molecule has 1 N–H and O–H groups in total. The average Bonchev–Trinajstić information content (AvgIpc) is 2.77. The normalized spacial score (nSPS) is 10.9. The van der Waals surface area contributed by atoms with Crippen LogP contribution in [-0.4, -0.2) is 15.3 Å². The number of hydrogen-bond acceptors (Lipinski definition) is 2. The molecule has 0 spiro atoms. The first-order valence-corrected chi connectivity index (χ1v) is 6.97. The van der Waals surface area contributed by atoms with Crippen LogP contribution in [-0.2, 0) is 0 Å². The number of ketones is 1. The second-order valence-corrected chi connectivity index (χ2v) is 5.52. The summed E-state index contributed by atoms with van der Waals surface area (Å²) in [4.78, 5) is 12.7. The van der Waals surface area contributed by atoms with Crippen molar-refractivity contribution in [2.75, 3.05) is 0 Å². The van der Waals surface area contributed by atoms with Gasteiger partial charge < -0.3 is 9.51 Å². The lowest BCUT2D eigenvalue weighted by atomic mass is 10.1. The number of pyridine rings is 1. The number of carbonyl (C=O) groups excluding carboxylic acids is 1. The lowest BCUT2D eigenvalue weighted by molar-refractivity contribution is 0.103. The molecular formula is C16H12BrNO2. The van der Waals surface area contributed by atoms with Gasteiger partial charge in [-0.15, -0.1) is 0 Å². The molecule has 1 aromatic carbocycles. The van der Waals surface area contributed by atoms with Crippen LogP contribution in [0.1, 0.15) is 21.6 Å². The molecule has 3 aromatic rings. The Balaban J connectivity index is 2.17. The van der Waals surface area contributed by atoms with E-state index in [-0.39, 0.29) is 11.5 Å². The second-order valence-electron chi connectivity index (χ2n) is 4.67. The standard InChI is InChI=1S/C16H12BrNO2/c1-10-8-12-4-2-3-7-18(12)15(10)16(20)11-5-6-14(19)13(17)9-11/h2-9,19H,1H3. The third-order valence-electron chi connectivity index (χ3n) is 3.30. The van der Waals surface area contributed by atoms with E-state index in [2.05, 4.69) is 15.9 Å². The van der Waals surface area contributed by atoms with Gasteiger partial charge in [-0.1, -0.05) is 6.07 Å². The van der Waals surface area contributed by atoms with Gasteiger partial charge in [-0.2, -0.15) is 0 Å². The Hall–Kier alpha value is -2.07. The Morgan fingerprint density at radius 2 is 2.00 bits per heavy atom. The predicted molar refractivity (Wildman–Crippen MR) is 81.4 cm³/mol. The molecule has 0 aliphatic rings. The molecule has 3 nitrogen and oxygen atoms in total. The Morgan fingerprint density at radius 3 is 2.75 bits per heavy atom. The topological polar surface area (TPSA) is 41.7 Å². The molecule has 2 heterocycles. The third kappa shape index (κ3) is 2.02. The summed E-state index contributed by atoms with van der Waals surface area (Å²) in [5.41, 5.74) is 3.12. The smallest absolute Gasteiger partial charge is 0.210 e. The van der Waals surface area contributed by atoms with Gasteiger partial charge in [0.2, 0.25) is 5.78 Å². The lowest BCUT2D eigenvalue weighted by Crippen LogP contribution is -2.06. The predicted octanol–water partition coefficient (Wildman–Crippen LogP) is 3.95. The minimum Gasteiger partial charge on any atom is -0.507 e. The zero-order valence-electron chi connectivity index (χ0n) is 10.8. The number of aromatic nitrogens is 1. The molecule has 0 aliphatic carbocycles. The van der Waals surface area contributed by atoms with E-state index in [0.717, 1.165) is 11.1 Å². The Kier molecular flexibility index (Phi) is 3.10. The Labute approximate surface area is 124 Å². The maximum absolute atomic E-state index is 12.7. The molecule has 0 saturated heterocycles. The van der Waals surface area contributed by atoms with Crippen molar-refractivity contribution in [3.8, 4) is 5.75 Å². The van der Waals surface area contributed by atoms with Crippen LogP contribution < -0.4 is 0 Å². The van der Waals surface area contributed by atoms with Crippen LogP contribution in [0.15, 0.2) is 53.1 Å².